The quantitative estimate of drug-likeness (QED) is 0.636. The molecule has 1 aliphatic rings. The zero-order valence-corrected chi connectivity index (χ0v) is 9.57. The van der Waals surface area contributed by atoms with Gasteiger partial charge < -0.3 is 16.2 Å². The highest BCUT2D eigenvalue weighted by Crippen LogP contribution is 2.18. The molecule has 0 bridgehead atoms. The maximum Gasteiger partial charge on any atom is 0.224 e. The second-order valence-electron chi connectivity index (χ2n) is 4.67. The van der Waals surface area contributed by atoms with Gasteiger partial charge in [-0.05, 0) is 32.6 Å². The van der Waals surface area contributed by atoms with Crippen LogP contribution < -0.4 is 11.1 Å². The molecule has 88 valence electrons. The molecule has 4 nitrogen and oxygen atoms in total. The van der Waals surface area contributed by atoms with Crippen LogP contribution in [0.1, 0.15) is 39.5 Å². The Morgan fingerprint density at radius 1 is 1.47 bits per heavy atom. The van der Waals surface area contributed by atoms with Crippen molar-refractivity contribution in [2.75, 3.05) is 0 Å². The Balaban J connectivity index is 2.37. The molecule has 4 unspecified atom stereocenters. The predicted octanol–water partition coefficient (Wildman–Crippen LogP) is 0.389. The monoisotopic (exact) mass is 214 g/mol. The van der Waals surface area contributed by atoms with Crippen molar-refractivity contribution in [2.45, 2.75) is 57.7 Å². The number of nitrogens with one attached hydrogen (secondary N) is 1. The van der Waals surface area contributed by atoms with E-state index in [-0.39, 0.29) is 30.0 Å². The number of hydrogen-bond acceptors (Lipinski definition) is 3. The van der Waals surface area contributed by atoms with Gasteiger partial charge in [0.25, 0.3) is 0 Å². The standard InChI is InChI=1S/C11H22N2O2/c1-7(8(2)12)11(15)13-9-4-3-5-10(14)6-9/h7-10,14H,3-6,12H2,1-2H3,(H,13,15). The smallest absolute Gasteiger partial charge is 0.224 e. The van der Waals surface area contributed by atoms with Crippen molar-refractivity contribution >= 4 is 5.91 Å². The minimum Gasteiger partial charge on any atom is -0.393 e. The van der Waals surface area contributed by atoms with Gasteiger partial charge in [-0.1, -0.05) is 6.92 Å². The minimum atomic E-state index is -0.255. The average Bonchev–Trinajstić information content (AvgIpc) is 2.16. The first-order chi connectivity index (χ1) is 7.00. The van der Waals surface area contributed by atoms with Crippen LogP contribution >= 0.6 is 0 Å². The molecule has 0 spiro atoms. The maximum absolute atomic E-state index is 11.7. The van der Waals surface area contributed by atoms with E-state index in [0.717, 1.165) is 19.3 Å². The molecule has 0 saturated heterocycles. The Morgan fingerprint density at radius 3 is 2.67 bits per heavy atom. The Morgan fingerprint density at radius 2 is 2.13 bits per heavy atom. The second-order valence-corrected chi connectivity index (χ2v) is 4.67. The molecular weight excluding hydrogens is 192 g/mol. The first-order valence-corrected chi connectivity index (χ1v) is 5.74. The summed E-state index contributed by atoms with van der Waals surface area (Å²) < 4.78 is 0. The van der Waals surface area contributed by atoms with E-state index in [2.05, 4.69) is 5.32 Å². The van der Waals surface area contributed by atoms with Gasteiger partial charge in [-0.15, -0.1) is 0 Å². The van der Waals surface area contributed by atoms with Crippen molar-refractivity contribution in [3.63, 3.8) is 0 Å². The van der Waals surface area contributed by atoms with Crippen LogP contribution in [0, 0.1) is 5.92 Å². The highest BCUT2D eigenvalue weighted by molar-refractivity contribution is 5.79. The molecule has 0 aromatic heterocycles. The molecule has 1 rings (SSSR count). The number of aliphatic hydroxyl groups excluding tert-OH is 1. The van der Waals surface area contributed by atoms with Crippen molar-refractivity contribution in [2.24, 2.45) is 11.7 Å². The first-order valence-electron chi connectivity index (χ1n) is 5.74. The second kappa shape index (κ2) is 5.47. The highest BCUT2D eigenvalue weighted by Gasteiger charge is 2.24. The fourth-order valence-electron chi connectivity index (χ4n) is 1.87. The van der Waals surface area contributed by atoms with Crippen molar-refractivity contribution < 1.29 is 9.90 Å². The number of aliphatic hydroxyl groups is 1. The summed E-state index contributed by atoms with van der Waals surface area (Å²) in [4.78, 5) is 11.7. The molecule has 0 radical (unpaired) electrons. The fourth-order valence-corrected chi connectivity index (χ4v) is 1.87. The van der Waals surface area contributed by atoms with E-state index in [0.29, 0.717) is 6.42 Å². The molecule has 4 heteroatoms. The molecule has 4 atom stereocenters. The van der Waals surface area contributed by atoms with E-state index in [1.165, 1.54) is 0 Å². The largest absolute Gasteiger partial charge is 0.393 e. The lowest BCUT2D eigenvalue weighted by atomic mass is 9.92. The number of carbonyl (C=O) groups is 1. The first kappa shape index (κ1) is 12.5. The van der Waals surface area contributed by atoms with E-state index in [1.54, 1.807) is 0 Å². The topological polar surface area (TPSA) is 75.4 Å². The Kier molecular flexibility index (Phi) is 4.54. The van der Waals surface area contributed by atoms with Crippen molar-refractivity contribution in [3.8, 4) is 0 Å². The van der Waals surface area contributed by atoms with Crippen LogP contribution in [0.3, 0.4) is 0 Å². The van der Waals surface area contributed by atoms with Crippen molar-refractivity contribution in [1.29, 1.82) is 0 Å². The molecular formula is C11H22N2O2. The molecule has 0 heterocycles. The Bertz CT molecular complexity index is 219. The van der Waals surface area contributed by atoms with Crippen molar-refractivity contribution in [3.05, 3.63) is 0 Å². The number of hydrogen-bond donors (Lipinski definition) is 3. The summed E-state index contributed by atoms with van der Waals surface area (Å²) in [6, 6.07) is 0.000893. The fraction of sp³-hybridized carbons (Fsp3) is 0.909. The lowest BCUT2D eigenvalue weighted by Gasteiger charge is -2.28. The van der Waals surface area contributed by atoms with Gasteiger partial charge in [0.05, 0.1) is 6.10 Å². The van der Waals surface area contributed by atoms with E-state index in [4.69, 9.17) is 5.73 Å². The van der Waals surface area contributed by atoms with Crippen LogP contribution in [-0.4, -0.2) is 29.2 Å². The summed E-state index contributed by atoms with van der Waals surface area (Å²) in [6.07, 6.45) is 3.23. The summed E-state index contributed by atoms with van der Waals surface area (Å²) >= 11 is 0. The van der Waals surface area contributed by atoms with Crippen LogP contribution in [0.4, 0.5) is 0 Å². The van der Waals surface area contributed by atoms with Gasteiger partial charge in [0, 0.05) is 18.0 Å². The molecule has 0 aromatic rings. The zero-order valence-electron chi connectivity index (χ0n) is 9.57. The molecule has 1 aliphatic carbocycles. The third-order valence-electron chi connectivity index (χ3n) is 3.20. The molecule has 0 aliphatic heterocycles. The summed E-state index contributed by atoms with van der Waals surface area (Å²) in [6.45, 7) is 3.67. The summed E-state index contributed by atoms with van der Waals surface area (Å²) in [5.74, 6) is -0.159. The predicted molar refractivity (Wildman–Crippen MR) is 59.2 cm³/mol. The number of carbonyl (C=O) groups excluding carboxylic acids is 1. The minimum absolute atomic E-state index is 0.00380. The maximum atomic E-state index is 11.7. The molecule has 1 saturated carbocycles. The normalized spacial score (nSPS) is 30.7. The summed E-state index contributed by atoms with van der Waals surface area (Å²) in [5, 5.41) is 12.4. The van der Waals surface area contributed by atoms with Gasteiger partial charge in [-0.3, -0.25) is 4.79 Å². The van der Waals surface area contributed by atoms with Crippen LogP contribution in [0.15, 0.2) is 0 Å². The van der Waals surface area contributed by atoms with E-state index in [9.17, 15) is 9.90 Å². The van der Waals surface area contributed by atoms with Gasteiger partial charge in [0.15, 0.2) is 0 Å². The third kappa shape index (κ3) is 3.80. The molecule has 0 aromatic carbocycles. The van der Waals surface area contributed by atoms with Gasteiger partial charge in [-0.2, -0.15) is 0 Å². The van der Waals surface area contributed by atoms with Gasteiger partial charge in [0.1, 0.15) is 0 Å². The Labute approximate surface area is 91.2 Å². The van der Waals surface area contributed by atoms with Crippen LogP contribution in [-0.2, 0) is 4.79 Å². The summed E-state index contributed by atoms with van der Waals surface area (Å²) in [5.41, 5.74) is 5.66. The molecule has 4 N–H and O–H groups in total. The van der Waals surface area contributed by atoms with Gasteiger partial charge >= 0.3 is 0 Å². The number of rotatable bonds is 3. The van der Waals surface area contributed by atoms with E-state index >= 15 is 0 Å². The number of amides is 1. The molecule has 1 fully saturated rings. The average molecular weight is 214 g/mol. The lowest BCUT2D eigenvalue weighted by molar-refractivity contribution is -0.126. The number of nitrogens with two attached hydrogens (primary N) is 1. The Hall–Kier alpha value is -0.610. The SMILES string of the molecule is CC(N)C(C)C(=O)NC1CCCC(O)C1. The van der Waals surface area contributed by atoms with E-state index in [1.807, 2.05) is 13.8 Å². The molecule has 15 heavy (non-hydrogen) atoms. The third-order valence-corrected chi connectivity index (χ3v) is 3.20. The highest BCUT2D eigenvalue weighted by atomic mass is 16.3. The zero-order chi connectivity index (χ0) is 11.4. The van der Waals surface area contributed by atoms with Crippen LogP contribution in [0.2, 0.25) is 0 Å². The lowest BCUT2D eigenvalue weighted by Crippen LogP contribution is -2.45. The van der Waals surface area contributed by atoms with E-state index < -0.39 is 0 Å². The van der Waals surface area contributed by atoms with Gasteiger partial charge in [-0.25, -0.2) is 0 Å². The van der Waals surface area contributed by atoms with Crippen LogP contribution in [0.5, 0.6) is 0 Å². The van der Waals surface area contributed by atoms with Crippen molar-refractivity contribution in [1.82, 2.24) is 5.32 Å². The summed E-state index contributed by atoms with van der Waals surface area (Å²) in [7, 11) is 0. The van der Waals surface area contributed by atoms with Gasteiger partial charge in [0.2, 0.25) is 5.91 Å². The molecule has 1 amide bonds. The van der Waals surface area contributed by atoms with Crippen LogP contribution in [0.25, 0.3) is 0 Å².